The summed E-state index contributed by atoms with van der Waals surface area (Å²) in [6.45, 7) is 4.32. The van der Waals surface area contributed by atoms with Gasteiger partial charge in [0.05, 0.1) is 0 Å². The highest BCUT2D eigenvalue weighted by Crippen LogP contribution is 2.27. The van der Waals surface area contributed by atoms with E-state index in [4.69, 9.17) is 10.7 Å². The van der Waals surface area contributed by atoms with Crippen LogP contribution in [0.5, 0.6) is 5.75 Å². The first kappa shape index (κ1) is 9.07. The second-order valence-electron chi connectivity index (χ2n) is 2.96. The molecule has 0 bridgehead atoms. The van der Waals surface area contributed by atoms with Crippen LogP contribution < -0.4 is 10.7 Å². The van der Waals surface area contributed by atoms with Crippen molar-refractivity contribution < 1.29 is 4.84 Å². The molecule has 0 amide bonds. The fourth-order valence-corrected chi connectivity index (χ4v) is 1.21. The molecule has 66 valence electrons. The van der Waals surface area contributed by atoms with Crippen molar-refractivity contribution in [3.05, 3.63) is 29.8 Å². The van der Waals surface area contributed by atoms with Crippen molar-refractivity contribution in [1.82, 2.24) is 0 Å². The third kappa shape index (κ3) is 1.77. The Labute approximate surface area is 73.3 Å². The van der Waals surface area contributed by atoms with Crippen molar-refractivity contribution in [1.29, 1.82) is 0 Å². The van der Waals surface area contributed by atoms with E-state index in [1.165, 1.54) is 5.56 Å². The zero-order chi connectivity index (χ0) is 8.97. The highest BCUT2D eigenvalue weighted by Gasteiger charge is 2.07. The highest BCUT2D eigenvalue weighted by molar-refractivity contribution is 5.35. The Morgan fingerprint density at radius 2 is 2.08 bits per heavy atom. The molecule has 2 N–H and O–H groups in total. The topological polar surface area (TPSA) is 35.2 Å². The molecule has 1 rings (SSSR count). The van der Waals surface area contributed by atoms with Gasteiger partial charge in [0.15, 0.2) is 0 Å². The maximum atomic E-state index is 5.14. The van der Waals surface area contributed by atoms with Gasteiger partial charge in [-0.25, -0.2) is 0 Å². The first-order valence-corrected chi connectivity index (χ1v) is 4.25. The van der Waals surface area contributed by atoms with Crippen LogP contribution >= 0.6 is 0 Å². The average Bonchev–Trinajstić information content (AvgIpc) is 2.16. The van der Waals surface area contributed by atoms with E-state index < -0.39 is 0 Å². The predicted octanol–water partition coefficient (Wildman–Crippen LogP) is 2.45. The molecule has 2 nitrogen and oxygen atoms in total. The van der Waals surface area contributed by atoms with Gasteiger partial charge in [0, 0.05) is 0 Å². The predicted molar refractivity (Wildman–Crippen MR) is 50.0 cm³/mol. The lowest BCUT2D eigenvalue weighted by Gasteiger charge is -2.12. The second-order valence-corrected chi connectivity index (χ2v) is 2.96. The summed E-state index contributed by atoms with van der Waals surface area (Å²) < 4.78 is 0. The fourth-order valence-electron chi connectivity index (χ4n) is 1.21. The third-order valence-electron chi connectivity index (χ3n) is 2.19. The molecule has 0 aliphatic rings. The summed E-state index contributed by atoms with van der Waals surface area (Å²) in [6.07, 6.45) is 1.10. The Bertz CT molecular complexity index is 247. The number of nitrogens with two attached hydrogens (primary N) is 1. The smallest absolute Gasteiger partial charge is 0.150 e. The molecule has 1 unspecified atom stereocenters. The Hall–Kier alpha value is -1.02. The molecule has 0 radical (unpaired) electrons. The van der Waals surface area contributed by atoms with Crippen molar-refractivity contribution in [3.63, 3.8) is 0 Å². The first-order chi connectivity index (χ1) is 5.79. The SMILES string of the molecule is CCC(C)c1ccccc1ON. The van der Waals surface area contributed by atoms with Crippen LogP contribution in [-0.4, -0.2) is 0 Å². The molecule has 1 atom stereocenters. The molecule has 0 aliphatic carbocycles. The minimum Gasteiger partial charge on any atom is -0.411 e. The third-order valence-corrected chi connectivity index (χ3v) is 2.19. The van der Waals surface area contributed by atoms with Crippen LogP contribution in [0.3, 0.4) is 0 Å². The molecule has 1 aromatic rings. The summed E-state index contributed by atoms with van der Waals surface area (Å²) >= 11 is 0. The van der Waals surface area contributed by atoms with Gasteiger partial charge in [-0.3, -0.25) is 0 Å². The van der Waals surface area contributed by atoms with Gasteiger partial charge in [0.1, 0.15) is 5.75 Å². The summed E-state index contributed by atoms with van der Waals surface area (Å²) in [5.41, 5.74) is 1.18. The minimum atomic E-state index is 0.504. The number of rotatable bonds is 3. The minimum absolute atomic E-state index is 0.504. The molecule has 0 spiro atoms. The lowest BCUT2D eigenvalue weighted by Crippen LogP contribution is -2.05. The maximum Gasteiger partial charge on any atom is 0.150 e. The molecule has 12 heavy (non-hydrogen) atoms. The van der Waals surface area contributed by atoms with E-state index in [2.05, 4.69) is 19.9 Å². The van der Waals surface area contributed by atoms with Gasteiger partial charge < -0.3 is 4.84 Å². The van der Waals surface area contributed by atoms with Crippen molar-refractivity contribution in [3.8, 4) is 5.75 Å². The molecule has 0 aliphatic heterocycles. The Morgan fingerprint density at radius 3 is 2.67 bits per heavy atom. The molecule has 0 saturated carbocycles. The second kappa shape index (κ2) is 4.12. The van der Waals surface area contributed by atoms with Crippen LogP contribution in [0, 0.1) is 0 Å². The van der Waals surface area contributed by atoms with Crippen LogP contribution in [0.4, 0.5) is 0 Å². The van der Waals surface area contributed by atoms with E-state index in [1.54, 1.807) is 0 Å². The largest absolute Gasteiger partial charge is 0.411 e. The van der Waals surface area contributed by atoms with Crippen molar-refractivity contribution in [2.75, 3.05) is 0 Å². The van der Waals surface area contributed by atoms with Crippen molar-refractivity contribution in [2.45, 2.75) is 26.2 Å². The van der Waals surface area contributed by atoms with Gasteiger partial charge in [-0.1, -0.05) is 32.0 Å². The monoisotopic (exact) mass is 165 g/mol. The molecule has 2 heteroatoms. The van der Waals surface area contributed by atoms with Gasteiger partial charge in [0.2, 0.25) is 0 Å². The summed E-state index contributed by atoms with van der Waals surface area (Å²) in [6, 6.07) is 7.87. The van der Waals surface area contributed by atoms with E-state index in [-0.39, 0.29) is 0 Å². The summed E-state index contributed by atoms with van der Waals surface area (Å²) in [7, 11) is 0. The molecule has 1 aromatic carbocycles. The molecular formula is C10H15NO. The highest BCUT2D eigenvalue weighted by atomic mass is 16.6. The van der Waals surface area contributed by atoms with Crippen molar-refractivity contribution >= 4 is 0 Å². The standard InChI is InChI=1S/C10H15NO/c1-3-8(2)9-6-4-5-7-10(9)12-11/h4-8H,3,11H2,1-2H3. The van der Waals surface area contributed by atoms with Gasteiger partial charge in [-0.05, 0) is 24.0 Å². The fraction of sp³-hybridized carbons (Fsp3) is 0.400. The zero-order valence-electron chi connectivity index (χ0n) is 7.58. The van der Waals surface area contributed by atoms with Crippen LogP contribution in [0.2, 0.25) is 0 Å². The van der Waals surface area contributed by atoms with E-state index >= 15 is 0 Å². The quantitative estimate of drug-likeness (QED) is 0.698. The normalized spacial score (nSPS) is 12.6. The van der Waals surface area contributed by atoms with Gasteiger partial charge >= 0.3 is 0 Å². The lowest BCUT2D eigenvalue weighted by molar-refractivity contribution is 0.328. The number of hydrogen-bond donors (Lipinski definition) is 1. The van der Waals surface area contributed by atoms with Crippen molar-refractivity contribution in [2.24, 2.45) is 5.90 Å². The molecular weight excluding hydrogens is 150 g/mol. The Balaban J connectivity index is 2.96. The van der Waals surface area contributed by atoms with Crippen LogP contribution in [0.25, 0.3) is 0 Å². The lowest BCUT2D eigenvalue weighted by atomic mass is 9.98. The number of hydrogen-bond acceptors (Lipinski definition) is 2. The van der Waals surface area contributed by atoms with Crippen LogP contribution in [0.15, 0.2) is 24.3 Å². The summed E-state index contributed by atoms with van der Waals surface area (Å²) in [5.74, 6) is 6.43. The van der Waals surface area contributed by atoms with Crippen LogP contribution in [-0.2, 0) is 0 Å². The molecule has 0 fully saturated rings. The summed E-state index contributed by atoms with van der Waals surface area (Å²) in [4.78, 5) is 4.77. The number of para-hydroxylation sites is 1. The molecule has 0 aromatic heterocycles. The zero-order valence-corrected chi connectivity index (χ0v) is 7.58. The first-order valence-electron chi connectivity index (χ1n) is 4.25. The van der Waals surface area contributed by atoms with Gasteiger partial charge in [-0.15, -0.1) is 0 Å². The van der Waals surface area contributed by atoms with E-state index in [0.29, 0.717) is 5.92 Å². The van der Waals surface area contributed by atoms with Gasteiger partial charge in [-0.2, -0.15) is 5.90 Å². The van der Waals surface area contributed by atoms with E-state index in [0.717, 1.165) is 12.2 Å². The summed E-state index contributed by atoms with van der Waals surface area (Å²) in [5, 5.41) is 0. The average molecular weight is 165 g/mol. The number of benzene rings is 1. The van der Waals surface area contributed by atoms with Gasteiger partial charge in [0.25, 0.3) is 0 Å². The maximum absolute atomic E-state index is 5.14. The van der Waals surface area contributed by atoms with Crippen LogP contribution in [0.1, 0.15) is 31.7 Å². The van der Waals surface area contributed by atoms with E-state index in [1.807, 2.05) is 18.2 Å². The Kier molecular flexibility index (Phi) is 3.11. The Morgan fingerprint density at radius 1 is 1.42 bits per heavy atom. The molecule has 0 saturated heterocycles. The molecule has 0 heterocycles. The van der Waals surface area contributed by atoms with E-state index in [9.17, 15) is 0 Å².